The molecular weight excluding hydrogens is 566 g/mol. The van der Waals surface area contributed by atoms with Crippen LogP contribution in [-0.4, -0.2) is 89.6 Å². The van der Waals surface area contributed by atoms with E-state index in [-0.39, 0.29) is 17.4 Å². The third kappa shape index (κ3) is 5.22. The van der Waals surface area contributed by atoms with Crippen molar-refractivity contribution in [3.63, 3.8) is 0 Å². The zero-order chi connectivity index (χ0) is 31.5. The standard InChI is InChI=1S/C32H44ClN7O3/c1-8-25(42)38-16-31(17-38)12-22(13-31)40-21(3)26(27-23(14-34)24(35)11-20(2)28(27)33)29(36-40)39-10-9-32(43-19-41,18-37(6)7)15-30(39,4)5/h8,11,14,19,22,34H,1,9-10,12-13,15-18,35H2,2-7H3. The van der Waals surface area contributed by atoms with Crippen LogP contribution in [0.15, 0.2) is 18.7 Å². The van der Waals surface area contributed by atoms with E-state index in [9.17, 15) is 9.59 Å². The summed E-state index contributed by atoms with van der Waals surface area (Å²) >= 11 is 7.03. The molecule has 3 fully saturated rings. The van der Waals surface area contributed by atoms with Crippen LogP contribution in [0.4, 0.5) is 11.5 Å². The minimum absolute atomic E-state index is 0.0176. The van der Waals surface area contributed by atoms with Gasteiger partial charge in [0.05, 0.1) is 11.1 Å². The molecule has 1 spiro atoms. The summed E-state index contributed by atoms with van der Waals surface area (Å²) in [5.41, 5.74) is 10.0. The van der Waals surface area contributed by atoms with Gasteiger partial charge in [0.15, 0.2) is 5.82 Å². The quantitative estimate of drug-likeness (QED) is 0.184. The van der Waals surface area contributed by atoms with Crippen LogP contribution in [0.2, 0.25) is 5.02 Å². The number of piperidine rings is 1. The van der Waals surface area contributed by atoms with Crippen molar-refractivity contribution in [3.8, 4) is 11.1 Å². The molecule has 1 amide bonds. The molecule has 2 aromatic rings. The predicted molar refractivity (Wildman–Crippen MR) is 171 cm³/mol. The molecule has 10 nitrogen and oxygen atoms in total. The second-order valence-electron chi connectivity index (χ2n) is 13.7. The van der Waals surface area contributed by atoms with Gasteiger partial charge < -0.3 is 30.6 Å². The van der Waals surface area contributed by atoms with Crippen LogP contribution in [0.3, 0.4) is 0 Å². The smallest absolute Gasteiger partial charge is 0.293 e. The van der Waals surface area contributed by atoms with Gasteiger partial charge in [0.25, 0.3) is 6.47 Å². The molecule has 2 aliphatic heterocycles. The molecule has 232 valence electrons. The van der Waals surface area contributed by atoms with Gasteiger partial charge in [-0.1, -0.05) is 18.2 Å². The Labute approximate surface area is 259 Å². The number of hydrogen-bond donors (Lipinski definition) is 2. The minimum Gasteiger partial charge on any atom is -0.460 e. The lowest BCUT2D eigenvalue weighted by molar-refractivity contribution is -0.150. The fourth-order valence-corrected chi connectivity index (χ4v) is 8.18. The first-order valence-corrected chi connectivity index (χ1v) is 15.2. The molecule has 1 aromatic heterocycles. The summed E-state index contributed by atoms with van der Waals surface area (Å²) in [6.07, 6.45) is 5.77. The summed E-state index contributed by atoms with van der Waals surface area (Å²) in [5, 5.41) is 14.1. The highest BCUT2D eigenvalue weighted by atomic mass is 35.5. The van der Waals surface area contributed by atoms with Crippen LogP contribution in [0.25, 0.3) is 11.1 Å². The number of nitrogens with one attached hydrogen (secondary N) is 1. The Morgan fingerprint density at radius 3 is 2.51 bits per heavy atom. The van der Waals surface area contributed by atoms with Crippen LogP contribution < -0.4 is 10.6 Å². The topological polar surface area (TPSA) is 121 Å². The number of aromatic nitrogens is 2. The summed E-state index contributed by atoms with van der Waals surface area (Å²) in [5.74, 6) is 0.774. The third-order valence-corrected chi connectivity index (χ3v) is 10.2. The molecule has 0 bridgehead atoms. The van der Waals surface area contributed by atoms with Crippen LogP contribution >= 0.6 is 11.6 Å². The Hall–Kier alpha value is -3.37. The minimum atomic E-state index is -0.617. The van der Waals surface area contributed by atoms with E-state index in [2.05, 4.69) is 41.8 Å². The van der Waals surface area contributed by atoms with Crippen molar-refractivity contribution < 1.29 is 14.3 Å². The zero-order valence-electron chi connectivity index (χ0n) is 26.2. The van der Waals surface area contributed by atoms with E-state index in [1.54, 1.807) is 0 Å². The summed E-state index contributed by atoms with van der Waals surface area (Å²) < 4.78 is 7.92. The number of carbonyl (C=O) groups is 2. The fraction of sp³-hybridized carbons (Fsp3) is 0.562. The van der Waals surface area contributed by atoms with E-state index >= 15 is 0 Å². The molecule has 1 aromatic carbocycles. The molecular formula is C32H44ClN7O3. The number of rotatable bonds is 9. The van der Waals surface area contributed by atoms with E-state index in [1.807, 2.05) is 32.0 Å². The number of halogens is 1. The highest BCUT2D eigenvalue weighted by Crippen LogP contribution is 2.56. The number of anilines is 2. The average Bonchev–Trinajstić information content (AvgIpc) is 3.19. The number of aryl methyl sites for hydroxylation is 1. The lowest BCUT2D eigenvalue weighted by Crippen LogP contribution is -2.63. The van der Waals surface area contributed by atoms with E-state index in [0.717, 1.165) is 54.1 Å². The first-order valence-electron chi connectivity index (χ1n) is 14.8. The fourth-order valence-electron chi connectivity index (χ4n) is 7.93. The second-order valence-corrected chi connectivity index (χ2v) is 14.1. The van der Waals surface area contributed by atoms with Crippen LogP contribution in [0, 0.1) is 24.7 Å². The largest absolute Gasteiger partial charge is 0.460 e. The van der Waals surface area contributed by atoms with E-state index in [4.69, 9.17) is 32.6 Å². The Morgan fingerprint density at radius 2 is 1.95 bits per heavy atom. The van der Waals surface area contributed by atoms with Crippen molar-refractivity contribution in [2.75, 3.05) is 50.9 Å². The highest BCUT2D eigenvalue weighted by Gasteiger charge is 2.55. The Kier molecular flexibility index (Phi) is 7.92. The molecule has 3 N–H and O–H groups in total. The third-order valence-electron chi connectivity index (χ3n) is 9.70. The maximum absolute atomic E-state index is 12.1. The number of benzene rings is 1. The molecule has 1 atom stereocenters. The van der Waals surface area contributed by atoms with Crippen LogP contribution in [0.1, 0.15) is 62.4 Å². The van der Waals surface area contributed by atoms with Crippen molar-refractivity contribution in [2.45, 2.75) is 70.6 Å². The molecule has 2 saturated heterocycles. The van der Waals surface area contributed by atoms with Gasteiger partial charge in [0, 0.05) is 84.3 Å². The van der Waals surface area contributed by atoms with Crippen molar-refractivity contribution >= 4 is 41.7 Å². The number of likely N-dealkylation sites (tertiary alicyclic amines) is 1. The van der Waals surface area contributed by atoms with E-state index < -0.39 is 11.1 Å². The Bertz CT molecular complexity index is 1470. The van der Waals surface area contributed by atoms with E-state index in [1.165, 1.54) is 12.3 Å². The second kappa shape index (κ2) is 11.0. The summed E-state index contributed by atoms with van der Waals surface area (Å²) in [7, 11) is 3.98. The number of carbonyl (C=O) groups excluding carboxylic acids is 2. The lowest BCUT2D eigenvalue weighted by Gasteiger charge is -2.58. The Morgan fingerprint density at radius 1 is 1.28 bits per heavy atom. The van der Waals surface area contributed by atoms with Gasteiger partial charge in [-0.25, -0.2) is 0 Å². The summed E-state index contributed by atoms with van der Waals surface area (Å²) in [4.78, 5) is 29.9. The molecule has 5 rings (SSSR count). The number of amides is 1. The van der Waals surface area contributed by atoms with Gasteiger partial charge in [0.1, 0.15) is 5.60 Å². The number of hydrogen-bond acceptors (Lipinski definition) is 8. The van der Waals surface area contributed by atoms with E-state index in [0.29, 0.717) is 48.7 Å². The molecule has 43 heavy (non-hydrogen) atoms. The van der Waals surface area contributed by atoms with Gasteiger partial charge in [-0.3, -0.25) is 14.3 Å². The van der Waals surface area contributed by atoms with Crippen molar-refractivity contribution in [1.29, 1.82) is 5.41 Å². The van der Waals surface area contributed by atoms with Gasteiger partial charge in [-0.05, 0) is 72.3 Å². The molecule has 3 heterocycles. The van der Waals surface area contributed by atoms with Crippen LogP contribution in [0.5, 0.6) is 0 Å². The maximum atomic E-state index is 12.1. The normalized spacial score (nSPS) is 22.7. The molecule has 0 radical (unpaired) electrons. The number of nitrogens with zero attached hydrogens (tertiary/aromatic N) is 5. The number of ether oxygens (including phenoxy) is 1. The van der Waals surface area contributed by atoms with Crippen molar-refractivity contribution in [1.82, 2.24) is 19.6 Å². The Balaban J connectivity index is 1.58. The van der Waals surface area contributed by atoms with Gasteiger partial charge in [-0.2, -0.15) is 5.10 Å². The maximum Gasteiger partial charge on any atom is 0.293 e. The highest BCUT2D eigenvalue weighted by molar-refractivity contribution is 6.35. The van der Waals surface area contributed by atoms with Gasteiger partial charge in [0.2, 0.25) is 5.91 Å². The summed E-state index contributed by atoms with van der Waals surface area (Å²) in [6.45, 7) is 15.2. The zero-order valence-corrected chi connectivity index (χ0v) is 26.9. The summed E-state index contributed by atoms with van der Waals surface area (Å²) in [6, 6.07) is 1.99. The average molecular weight is 610 g/mol. The first-order chi connectivity index (χ1) is 20.2. The molecule has 11 heteroatoms. The predicted octanol–water partition coefficient (Wildman–Crippen LogP) is 4.60. The van der Waals surface area contributed by atoms with Crippen molar-refractivity contribution in [3.05, 3.63) is 40.6 Å². The number of nitrogens with two attached hydrogens (primary N) is 1. The van der Waals surface area contributed by atoms with Gasteiger partial charge in [-0.15, -0.1) is 0 Å². The SMILES string of the molecule is C=CC(=O)N1CC2(CC(n3nc(N4CCC(CN(C)C)(OC=O)CC4(C)C)c(-c4c(Cl)c(C)cc(N)c4C=N)c3C)C2)C1. The van der Waals surface area contributed by atoms with Crippen molar-refractivity contribution in [2.24, 2.45) is 5.41 Å². The molecule has 1 unspecified atom stereocenters. The first kappa shape index (κ1) is 31.1. The van der Waals surface area contributed by atoms with Crippen LogP contribution in [-0.2, 0) is 14.3 Å². The number of nitrogen functional groups attached to an aromatic ring is 1. The van der Waals surface area contributed by atoms with Gasteiger partial charge >= 0.3 is 0 Å². The number of likely N-dealkylation sites (N-methyl/N-ethyl adjacent to an activating group) is 1. The lowest BCUT2D eigenvalue weighted by atomic mass is 9.60. The molecule has 3 aliphatic rings. The molecule has 1 aliphatic carbocycles. The molecule has 1 saturated carbocycles. The monoisotopic (exact) mass is 609 g/mol.